The Kier molecular flexibility index (Phi) is 8.51. The van der Waals surface area contributed by atoms with Crippen molar-refractivity contribution >= 4 is 11.6 Å². The molecule has 0 radical (unpaired) electrons. The highest BCUT2D eigenvalue weighted by Crippen LogP contribution is 2.60. The Morgan fingerprint density at radius 3 is 2.65 bits per heavy atom. The van der Waals surface area contributed by atoms with Crippen LogP contribution in [0.4, 0.5) is 0 Å². The van der Waals surface area contributed by atoms with E-state index in [0.717, 1.165) is 30.4 Å². The van der Waals surface area contributed by atoms with Gasteiger partial charge in [0.05, 0.1) is 18.3 Å². The van der Waals surface area contributed by atoms with Crippen LogP contribution in [0.25, 0.3) is 0 Å². The van der Waals surface area contributed by atoms with Gasteiger partial charge in [-0.3, -0.25) is 0 Å². The molecule has 0 saturated heterocycles. The molecule has 0 spiro atoms. The zero-order valence-electron chi connectivity index (χ0n) is 19.7. The van der Waals surface area contributed by atoms with E-state index in [0.29, 0.717) is 41.9 Å². The lowest BCUT2D eigenvalue weighted by molar-refractivity contribution is 0.0722. The maximum Gasteiger partial charge on any atom is 0.0811 e. The van der Waals surface area contributed by atoms with Crippen LogP contribution in [0.15, 0.2) is 35.5 Å². The number of hydrogen-bond acceptors (Lipinski definition) is 3. The Morgan fingerprint density at radius 1 is 1.19 bits per heavy atom. The van der Waals surface area contributed by atoms with Crippen LogP contribution >= 0.6 is 11.6 Å². The van der Waals surface area contributed by atoms with Crippen LogP contribution in [0.5, 0.6) is 0 Å². The molecule has 3 rings (SSSR count). The molecule has 3 unspecified atom stereocenters. The molecule has 8 atom stereocenters. The minimum atomic E-state index is -0.626. The van der Waals surface area contributed by atoms with Crippen LogP contribution in [-0.4, -0.2) is 39.5 Å². The van der Waals surface area contributed by atoms with Gasteiger partial charge in [-0.2, -0.15) is 0 Å². The van der Waals surface area contributed by atoms with E-state index < -0.39 is 12.2 Å². The first-order valence-electron chi connectivity index (χ1n) is 12.4. The highest BCUT2D eigenvalue weighted by atomic mass is 35.5. The van der Waals surface area contributed by atoms with E-state index in [4.69, 9.17) is 11.6 Å². The number of aliphatic hydroxyl groups is 3. The quantitative estimate of drug-likeness (QED) is 0.431. The second-order valence-electron chi connectivity index (χ2n) is 10.9. The van der Waals surface area contributed by atoms with Crippen molar-refractivity contribution in [2.75, 3.05) is 5.88 Å². The molecular weight excluding hydrogens is 408 g/mol. The van der Waals surface area contributed by atoms with Gasteiger partial charge in [0.1, 0.15) is 0 Å². The van der Waals surface area contributed by atoms with Crippen LogP contribution in [0.3, 0.4) is 0 Å². The summed E-state index contributed by atoms with van der Waals surface area (Å²) in [6.07, 6.45) is 12.1. The fourth-order valence-corrected chi connectivity index (χ4v) is 6.91. The number of fused-ring (bicyclic) bond motifs is 1. The molecule has 3 N–H and O–H groups in total. The van der Waals surface area contributed by atoms with Crippen LogP contribution in [-0.2, 0) is 0 Å². The molecule has 31 heavy (non-hydrogen) atoms. The number of halogens is 1. The summed E-state index contributed by atoms with van der Waals surface area (Å²) in [5, 5.41) is 30.5. The van der Waals surface area contributed by atoms with Crippen molar-refractivity contribution in [3.8, 4) is 0 Å². The summed E-state index contributed by atoms with van der Waals surface area (Å²) >= 11 is 5.93. The summed E-state index contributed by atoms with van der Waals surface area (Å²) in [4.78, 5) is 0. The summed E-state index contributed by atoms with van der Waals surface area (Å²) in [6, 6.07) is 0. The van der Waals surface area contributed by atoms with Gasteiger partial charge in [-0.05, 0) is 91.6 Å². The Hall–Kier alpha value is -0.610. The molecule has 0 heterocycles. The SMILES string of the molecule is C=C1/C(=C\C=C2CCC[C@@]3(C)C2CC[C@@H]3[C@H](C)CCC(O)C(C)CCl)C[C@@H](O)C[C@H]1O. The van der Waals surface area contributed by atoms with Gasteiger partial charge in [0.15, 0.2) is 0 Å². The van der Waals surface area contributed by atoms with Gasteiger partial charge in [-0.15, -0.1) is 11.6 Å². The van der Waals surface area contributed by atoms with Crippen LogP contribution < -0.4 is 0 Å². The van der Waals surface area contributed by atoms with Crippen molar-refractivity contribution in [1.29, 1.82) is 0 Å². The Balaban J connectivity index is 1.70. The van der Waals surface area contributed by atoms with Gasteiger partial charge in [-0.25, -0.2) is 0 Å². The molecule has 176 valence electrons. The molecule has 0 aliphatic heterocycles. The summed E-state index contributed by atoms with van der Waals surface area (Å²) in [7, 11) is 0. The lowest BCUT2D eigenvalue weighted by Gasteiger charge is -2.44. The van der Waals surface area contributed by atoms with E-state index in [-0.39, 0.29) is 12.0 Å². The van der Waals surface area contributed by atoms with Gasteiger partial charge in [0.2, 0.25) is 0 Å². The minimum Gasteiger partial charge on any atom is -0.393 e. The highest BCUT2D eigenvalue weighted by molar-refractivity contribution is 6.18. The van der Waals surface area contributed by atoms with Crippen molar-refractivity contribution < 1.29 is 15.3 Å². The third-order valence-electron chi connectivity index (χ3n) is 8.81. The number of alkyl halides is 1. The molecule has 3 nitrogen and oxygen atoms in total. The first-order valence-corrected chi connectivity index (χ1v) is 12.9. The van der Waals surface area contributed by atoms with E-state index >= 15 is 0 Å². The molecule has 0 aromatic carbocycles. The topological polar surface area (TPSA) is 60.7 Å². The molecule has 3 aliphatic carbocycles. The van der Waals surface area contributed by atoms with E-state index in [1.165, 1.54) is 31.3 Å². The third kappa shape index (κ3) is 5.49. The number of aliphatic hydroxyl groups excluding tert-OH is 3. The Bertz CT molecular complexity index is 699. The zero-order chi connectivity index (χ0) is 22.8. The Labute approximate surface area is 194 Å². The summed E-state index contributed by atoms with van der Waals surface area (Å²) < 4.78 is 0. The predicted molar refractivity (Wildman–Crippen MR) is 129 cm³/mol. The molecule has 3 fully saturated rings. The van der Waals surface area contributed by atoms with E-state index in [1.807, 2.05) is 6.92 Å². The smallest absolute Gasteiger partial charge is 0.0811 e. The first-order chi connectivity index (χ1) is 14.7. The lowest BCUT2D eigenvalue weighted by atomic mass is 9.60. The molecule has 0 aromatic rings. The molecule has 3 aliphatic rings. The van der Waals surface area contributed by atoms with Crippen LogP contribution in [0.1, 0.15) is 78.6 Å². The third-order valence-corrected chi connectivity index (χ3v) is 9.29. The fraction of sp³-hybridized carbons (Fsp3) is 0.778. The van der Waals surface area contributed by atoms with Crippen LogP contribution in [0, 0.1) is 29.1 Å². The fourth-order valence-electron chi connectivity index (χ4n) is 6.70. The molecule has 3 saturated carbocycles. The zero-order valence-corrected chi connectivity index (χ0v) is 20.4. The molecule has 0 bridgehead atoms. The first kappa shape index (κ1) is 25.0. The maximum absolute atomic E-state index is 10.4. The van der Waals surface area contributed by atoms with Crippen LogP contribution in [0.2, 0.25) is 0 Å². The largest absolute Gasteiger partial charge is 0.393 e. The maximum atomic E-state index is 10.4. The number of rotatable bonds is 7. The molecule has 0 aromatic heterocycles. The van der Waals surface area contributed by atoms with Crippen molar-refractivity contribution in [2.45, 2.75) is 96.9 Å². The normalized spacial score (nSPS) is 39.5. The lowest BCUT2D eigenvalue weighted by Crippen LogP contribution is -2.36. The number of hydrogen-bond donors (Lipinski definition) is 3. The average molecular weight is 451 g/mol. The van der Waals surface area contributed by atoms with Crippen molar-refractivity contribution in [1.82, 2.24) is 0 Å². The van der Waals surface area contributed by atoms with E-state index in [1.54, 1.807) is 0 Å². The number of allylic oxidation sites excluding steroid dienone is 3. The van der Waals surface area contributed by atoms with E-state index in [9.17, 15) is 15.3 Å². The van der Waals surface area contributed by atoms with Gasteiger partial charge >= 0.3 is 0 Å². The van der Waals surface area contributed by atoms with Gasteiger partial charge in [-0.1, -0.05) is 45.1 Å². The van der Waals surface area contributed by atoms with Crippen molar-refractivity contribution in [2.24, 2.45) is 29.1 Å². The standard InChI is InChI=1S/C27H43ClO3/c1-17(7-12-25(30)18(2)16-28)23-10-11-24-20(6-5-13-27(23,24)4)8-9-21-14-22(29)15-26(31)19(21)3/h8-9,17-18,22-26,29-31H,3,5-7,10-16H2,1-2,4H3/b20-8?,21-9-/t17-,18?,22-,23-,24?,25?,26-,27-/m1/s1. The van der Waals surface area contributed by atoms with Crippen molar-refractivity contribution in [3.05, 3.63) is 35.5 Å². The summed E-state index contributed by atoms with van der Waals surface area (Å²) in [6.45, 7) is 11.0. The monoisotopic (exact) mass is 450 g/mol. The van der Waals surface area contributed by atoms with E-state index in [2.05, 4.69) is 32.6 Å². The second-order valence-corrected chi connectivity index (χ2v) is 11.2. The average Bonchev–Trinajstić information content (AvgIpc) is 3.10. The molecular formula is C27H43ClO3. The second kappa shape index (κ2) is 10.5. The molecule has 0 amide bonds. The Morgan fingerprint density at radius 2 is 1.94 bits per heavy atom. The van der Waals surface area contributed by atoms with Gasteiger partial charge in [0.25, 0.3) is 0 Å². The van der Waals surface area contributed by atoms with Gasteiger partial charge < -0.3 is 15.3 Å². The van der Waals surface area contributed by atoms with Crippen molar-refractivity contribution in [3.63, 3.8) is 0 Å². The summed E-state index contributed by atoms with van der Waals surface area (Å²) in [5.74, 6) is 2.59. The molecule has 4 heteroatoms. The minimum absolute atomic E-state index is 0.157. The van der Waals surface area contributed by atoms with Gasteiger partial charge in [0, 0.05) is 12.3 Å². The predicted octanol–water partition coefficient (Wildman–Crippen LogP) is 5.78. The summed E-state index contributed by atoms with van der Waals surface area (Å²) in [5.41, 5.74) is 3.63. The highest BCUT2D eigenvalue weighted by Gasteiger charge is 2.50.